The van der Waals surface area contributed by atoms with Crippen LogP contribution in [0.1, 0.15) is 0 Å². The van der Waals surface area contributed by atoms with Crippen LogP contribution in [0.3, 0.4) is 0 Å². The summed E-state index contributed by atoms with van der Waals surface area (Å²) in [5, 5.41) is 1.62. The van der Waals surface area contributed by atoms with Crippen molar-refractivity contribution in [3.05, 3.63) is 0 Å². The largest absolute Gasteiger partial charge is 0.303 e. The number of hydrogen-bond donors (Lipinski definition) is 0. The maximum Gasteiger partial charge on any atom is 0.0574 e. The lowest BCUT2D eigenvalue weighted by Gasteiger charge is -2.01. The van der Waals surface area contributed by atoms with Gasteiger partial charge in [-0.1, -0.05) is 0 Å². The van der Waals surface area contributed by atoms with Crippen LogP contribution in [0.5, 0.6) is 0 Å². The second-order valence-electron chi connectivity index (χ2n) is 0.995. The van der Waals surface area contributed by atoms with E-state index in [-0.39, 0.29) is 0 Å². The summed E-state index contributed by atoms with van der Waals surface area (Å²) in [5.74, 6) is 0. The fraction of sp³-hybridized carbons (Fsp3) is 1.00. The molecule has 0 aromatic heterocycles. The molecule has 0 aliphatic heterocycles. The Labute approximate surface area is 32.3 Å². The van der Waals surface area contributed by atoms with Gasteiger partial charge in [0.1, 0.15) is 0 Å². The summed E-state index contributed by atoms with van der Waals surface area (Å²) in [7, 11) is 5.29. The highest BCUT2D eigenvalue weighted by atomic mass is 16.7. The second kappa shape index (κ2) is 2.18. The Hall–Kier alpha value is -0.0800. The molecule has 0 unspecified atom stereocenters. The van der Waals surface area contributed by atoms with Crippen LogP contribution in [0.15, 0.2) is 0 Å². The zero-order chi connectivity index (χ0) is 4.28. The molecular formula is C3H9NO. The van der Waals surface area contributed by atoms with E-state index in [0.29, 0.717) is 0 Å². The van der Waals surface area contributed by atoms with E-state index in [1.807, 2.05) is 14.1 Å². The van der Waals surface area contributed by atoms with Gasteiger partial charge in [0.2, 0.25) is 0 Å². The van der Waals surface area contributed by atoms with E-state index in [2.05, 4.69) is 4.84 Å². The Morgan fingerprint density at radius 3 is 1.60 bits per heavy atom. The highest BCUT2D eigenvalue weighted by Crippen LogP contribution is 1.64. The van der Waals surface area contributed by atoms with E-state index in [1.54, 1.807) is 12.2 Å². The zero-order valence-electron chi connectivity index (χ0n) is 3.86. The van der Waals surface area contributed by atoms with Gasteiger partial charge in [-0.3, -0.25) is 0 Å². The summed E-state index contributed by atoms with van der Waals surface area (Å²) < 4.78 is 0. The SMILES string of the molecule is CON(C)C. The summed E-state index contributed by atoms with van der Waals surface area (Å²) in [6.07, 6.45) is 0. The van der Waals surface area contributed by atoms with Crippen molar-refractivity contribution >= 4 is 0 Å². The van der Waals surface area contributed by atoms with Gasteiger partial charge in [-0.05, 0) is 0 Å². The molecule has 0 fully saturated rings. The number of nitrogens with zero attached hydrogens (tertiary/aromatic N) is 1. The molecule has 0 N–H and O–H groups in total. The summed E-state index contributed by atoms with van der Waals surface area (Å²) in [6.45, 7) is 0. The minimum absolute atomic E-state index is 1.62. The van der Waals surface area contributed by atoms with Crippen molar-refractivity contribution in [2.75, 3.05) is 21.2 Å². The third-order valence-electron chi connectivity index (χ3n) is 0.365. The van der Waals surface area contributed by atoms with Gasteiger partial charge in [-0.2, -0.15) is 5.06 Å². The molecule has 5 heavy (non-hydrogen) atoms. The van der Waals surface area contributed by atoms with Crippen LogP contribution in [0.25, 0.3) is 0 Å². The Morgan fingerprint density at radius 2 is 1.60 bits per heavy atom. The summed E-state index contributed by atoms with van der Waals surface area (Å²) in [6, 6.07) is 0. The summed E-state index contributed by atoms with van der Waals surface area (Å²) in [5.41, 5.74) is 0. The standard InChI is InChI=1S/C3H9NO/c1-4(2)5-3/h1-3H3. The molecule has 0 aliphatic rings. The fourth-order valence-electron chi connectivity index (χ4n) is 0. The smallest absolute Gasteiger partial charge is 0.0574 e. The van der Waals surface area contributed by atoms with Crippen molar-refractivity contribution in [3.8, 4) is 0 Å². The molecule has 0 amide bonds. The number of hydroxylamine groups is 2. The maximum atomic E-state index is 4.58. The average Bonchev–Trinajstić information content (AvgIpc) is 1.38. The monoisotopic (exact) mass is 75.1 g/mol. The van der Waals surface area contributed by atoms with Crippen LogP contribution in [0.4, 0.5) is 0 Å². The van der Waals surface area contributed by atoms with Gasteiger partial charge >= 0.3 is 0 Å². The van der Waals surface area contributed by atoms with Crippen molar-refractivity contribution < 1.29 is 4.84 Å². The molecule has 0 saturated carbocycles. The Morgan fingerprint density at radius 1 is 1.40 bits per heavy atom. The third kappa shape index (κ3) is 3.92. The quantitative estimate of drug-likeness (QED) is 0.410. The zero-order valence-corrected chi connectivity index (χ0v) is 3.86. The van der Waals surface area contributed by atoms with E-state index in [0.717, 1.165) is 0 Å². The number of rotatable bonds is 1. The van der Waals surface area contributed by atoms with E-state index in [1.165, 1.54) is 0 Å². The van der Waals surface area contributed by atoms with E-state index in [4.69, 9.17) is 0 Å². The average molecular weight is 75.1 g/mol. The lowest BCUT2D eigenvalue weighted by molar-refractivity contribution is -0.0855. The molecule has 0 aromatic carbocycles. The van der Waals surface area contributed by atoms with Crippen molar-refractivity contribution in [2.45, 2.75) is 0 Å². The third-order valence-corrected chi connectivity index (χ3v) is 0.365. The predicted octanol–water partition coefficient (Wildman–Crippen LogP) is 0.109. The topological polar surface area (TPSA) is 12.5 Å². The molecule has 0 aliphatic carbocycles. The molecule has 0 radical (unpaired) electrons. The van der Waals surface area contributed by atoms with Crippen LogP contribution >= 0.6 is 0 Å². The molecule has 0 spiro atoms. The van der Waals surface area contributed by atoms with E-state index in [9.17, 15) is 0 Å². The van der Waals surface area contributed by atoms with Crippen molar-refractivity contribution in [1.82, 2.24) is 5.06 Å². The molecule has 0 rings (SSSR count). The van der Waals surface area contributed by atoms with Gasteiger partial charge in [0.05, 0.1) is 7.11 Å². The van der Waals surface area contributed by atoms with Crippen LogP contribution in [-0.2, 0) is 4.84 Å². The van der Waals surface area contributed by atoms with Gasteiger partial charge in [0, 0.05) is 14.1 Å². The number of hydrogen-bond acceptors (Lipinski definition) is 2. The highest BCUT2D eigenvalue weighted by molar-refractivity contribution is 3.97. The lowest BCUT2D eigenvalue weighted by Crippen LogP contribution is -2.07. The van der Waals surface area contributed by atoms with Crippen molar-refractivity contribution in [2.24, 2.45) is 0 Å². The molecule has 0 saturated heterocycles. The first-order chi connectivity index (χ1) is 2.27. The lowest BCUT2D eigenvalue weighted by atomic mass is 11.2. The van der Waals surface area contributed by atoms with Crippen LogP contribution in [0.2, 0.25) is 0 Å². The molecule has 0 atom stereocenters. The van der Waals surface area contributed by atoms with Crippen molar-refractivity contribution in [3.63, 3.8) is 0 Å². The predicted molar refractivity (Wildman–Crippen MR) is 20.7 cm³/mol. The van der Waals surface area contributed by atoms with Gasteiger partial charge < -0.3 is 4.84 Å². The van der Waals surface area contributed by atoms with E-state index >= 15 is 0 Å². The highest BCUT2D eigenvalue weighted by Gasteiger charge is 1.70. The molecular weight excluding hydrogens is 66.0 g/mol. The van der Waals surface area contributed by atoms with Gasteiger partial charge in [-0.25, -0.2) is 0 Å². The molecule has 2 nitrogen and oxygen atoms in total. The fourth-order valence-corrected chi connectivity index (χ4v) is 0. The summed E-state index contributed by atoms with van der Waals surface area (Å²) >= 11 is 0. The van der Waals surface area contributed by atoms with Crippen molar-refractivity contribution in [1.29, 1.82) is 0 Å². The Bertz CT molecular complexity index is 20.9. The Kier molecular flexibility index (Phi) is 2.14. The van der Waals surface area contributed by atoms with Gasteiger partial charge in [-0.15, -0.1) is 0 Å². The minimum Gasteiger partial charge on any atom is -0.303 e. The molecule has 0 bridgehead atoms. The van der Waals surface area contributed by atoms with Gasteiger partial charge in [0.15, 0.2) is 0 Å². The van der Waals surface area contributed by atoms with Crippen LogP contribution in [-0.4, -0.2) is 26.3 Å². The van der Waals surface area contributed by atoms with Gasteiger partial charge in [0.25, 0.3) is 0 Å². The molecule has 0 aromatic rings. The first kappa shape index (κ1) is 4.92. The van der Waals surface area contributed by atoms with E-state index < -0.39 is 0 Å². The molecule has 2 heteroatoms. The molecule has 32 valence electrons. The minimum atomic E-state index is 1.62. The first-order valence-electron chi connectivity index (χ1n) is 1.49. The maximum absolute atomic E-state index is 4.58. The molecule has 0 heterocycles. The normalized spacial score (nSPS) is 9.60. The van der Waals surface area contributed by atoms with Crippen LogP contribution < -0.4 is 0 Å². The van der Waals surface area contributed by atoms with Crippen LogP contribution in [0, 0.1) is 0 Å². The first-order valence-corrected chi connectivity index (χ1v) is 1.49. The Balaban J connectivity index is 2.54. The summed E-state index contributed by atoms with van der Waals surface area (Å²) in [4.78, 5) is 4.58. The second-order valence-corrected chi connectivity index (χ2v) is 0.995.